The fourth-order valence-corrected chi connectivity index (χ4v) is 1.44. The zero-order valence-corrected chi connectivity index (χ0v) is 7.48. The van der Waals surface area contributed by atoms with E-state index in [0.29, 0.717) is 0 Å². The number of benzene rings is 1. The number of rotatable bonds is 2. The van der Waals surface area contributed by atoms with E-state index in [1.165, 1.54) is 11.1 Å². The molecule has 0 bridgehead atoms. The van der Waals surface area contributed by atoms with Gasteiger partial charge in [0.1, 0.15) is 0 Å². The Hall–Kier alpha value is -1.59. The largest absolute Gasteiger partial charge is 0.291 e. The van der Waals surface area contributed by atoms with Crippen LogP contribution in [-0.2, 0) is 6.42 Å². The van der Waals surface area contributed by atoms with Crippen molar-refractivity contribution in [2.75, 3.05) is 0 Å². The Labute approximate surface area is 78.2 Å². The lowest BCUT2D eigenvalue weighted by Crippen LogP contribution is -1.98. The molecule has 1 aliphatic rings. The van der Waals surface area contributed by atoms with Gasteiger partial charge in [0.05, 0.1) is 6.42 Å². The Morgan fingerprint density at radius 1 is 1.15 bits per heavy atom. The second-order valence-electron chi connectivity index (χ2n) is 3.17. The average molecular weight is 170 g/mol. The molecule has 0 N–H and O–H groups in total. The third-order valence-electron chi connectivity index (χ3n) is 2.13. The van der Waals surface area contributed by atoms with Crippen LogP contribution >= 0.6 is 0 Å². The standard InChI is InChI=1S/C12H12N/c1-2-4-11(5-3-1)10-12-6-8-13-9-7-12/h1-6,8-9H,7,10H2/q+1. The van der Waals surface area contributed by atoms with Gasteiger partial charge in [-0.1, -0.05) is 30.3 Å². The van der Waals surface area contributed by atoms with Crippen molar-refractivity contribution < 1.29 is 0 Å². The lowest BCUT2D eigenvalue weighted by atomic mass is 10.0. The van der Waals surface area contributed by atoms with Gasteiger partial charge in [-0.2, -0.15) is 0 Å². The molecule has 0 aromatic heterocycles. The van der Waals surface area contributed by atoms with Crippen LogP contribution in [0.25, 0.3) is 0 Å². The fraction of sp³-hybridized carbons (Fsp3) is 0.167. The predicted octanol–water partition coefficient (Wildman–Crippen LogP) is 1.77. The van der Waals surface area contributed by atoms with Gasteiger partial charge < -0.3 is 0 Å². The van der Waals surface area contributed by atoms with E-state index in [0.717, 1.165) is 12.8 Å². The first-order valence-corrected chi connectivity index (χ1v) is 4.52. The highest BCUT2D eigenvalue weighted by Crippen LogP contribution is 2.09. The first-order valence-electron chi connectivity index (χ1n) is 4.52. The zero-order chi connectivity index (χ0) is 8.93. The summed E-state index contributed by atoms with van der Waals surface area (Å²) in [6.45, 7) is 0. The van der Waals surface area contributed by atoms with E-state index >= 15 is 0 Å². The summed E-state index contributed by atoms with van der Waals surface area (Å²) in [5, 5.41) is 0. The highest BCUT2D eigenvalue weighted by Gasteiger charge is 2.03. The minimum absolute atomic E-state index is 0.991. The van der Waals surface area contributed by atoms with Crippen molar-refractivity contribution in [2.24, 2.45) is 0 Å². The molecule has 0 atom stereocenters. The van der Waals surface area contributed by atoms with Crippen LogP contribution in [-0.4, -0.2) is 12.4 Å². The first kappa shape index (κ1) is 8.03. The summed E-state index contributed by atoms with van der Waals surface area (Å²) >= 11 is 0. The molecule has 0 unspecified atom stereocenters. The summed E-state index contributed by atoms with van der Waals surface area (Å²) < 4.78 is 4.04. The quantitative estimate of drug-likeness (QED) is 0.601. The lowest BCUT2D eigenvalue weighted by Gasteiger charge is -2.01. The molecule has 1 heteroatoms. The van der Waals surface area contributed by atoms with Gasteiger partial charge in [-0.25, -0.2) is 0 Å². The van der Waals surface area contributed by atoms with Gasteiger partial charge in [-0.15, -0.1) is 4.67 Å². The molecule has 0 radical (unpaired) electrons. The van der Waals surface area contributed by atoms with E-state index in [2.05, 4.69) is 35.0 Å². The van der Waals surface area contributed by atoms with E-state index in [4.69, 9.17) is 0 Å². The van der Waals surface area contributed by atoms with Crippen LogP contribution in [0.15, 0.2) is 42.0 Å². The number of allylic oxidation sites excluding steroid dienone is 2. The van der Waals surface area contributed by atoms with Gasteiger partial charge >= 0.3 is 0 Å². The molecule has 0 amide bonds. The van der Waals surface area contributed by atoms with E-state index in [1.54, 1.807) is 0 Å². The third kappa shape index (κ3) is 2.17. The van der Waals surface area contributed by atoms with Crippen molar-refractivity contribution in [1.82, 2.24) is 4.67 Å². The maximum absolute atomic E-state index is 4.04. The van der Waals surface area contributed by atoms with E-state index in [-0.39, 0.29) is 0 Å². The van der Waals surface area contributed by atoms with Gasteiger partial charge in [0.15, 0.2) is 0 Å². The maximum atomic E-state index is 4.04. The Morgan fingerprint density at radius 3 is 2.69 bits per heavy atom. The Bertz CT molecular complexity index is 367. The van der Waals surface area contributed by atoms with Gasteiger partial charge in [0.2, 0.25) is 0 Å². The fourth-order valence-electron chi connectivity index (χ4n) is 1.44. The van der Waals surface area contributed by atoms with Crippen molar-refractivity contribution in [3.63, 3.8) is 0 Å². The van der Waals surface area contributed by atoms with Crippen LogP contribution in [0.4, 0.5) is 0 Å². The molecule has 0 saturated heterocycles. The lowest BCUT2D eigenvalue weighted by molar-refractivity contribution is 1.10. The Kier molecular flexibility index (Phi) is 2.40. The summed E-state index contributed by atoms with van der Waals surface area (Å²) in [6, 6.07) is 10.5. The molecule has 1 nitrogen and oxygen atoms in total. The van der Waals surface area contributed by atoms with Crippen molar-refractivity contribution in [1.29, 1.82) is 0 Å². The minimum atomic E-state index is 0.991. The summed E-state index contributed by atoms with van der Waals surface area (Å²) in [6.07, 6.45) is 7.96. The number of nitrogens with zero attached hydrogens (tertiary/aromatic N) is 1. The predicted molar refractivity (Wildman–Crippen MR) is 57.1 cm³/mol. The molecule has 1 heterocycles. The van der Waals surface area contributed by atoms with Gasteiger partial charge in [-0.05, 0) is 17.6 Å². The van der Waals surface area contributed by atoms with Crippen molar-refractivity contribution in [3.8, 4) is 0 Å². The van der Waals surface area contributed by atoms with E-state index < -0.39 is 0 Å². The van der Waals surface area contributed by atoms with Gasteiger partial charge in [0, 0.05) is 6.08 Å². The Balaban J connectivity index is 2.08. The molecular weight excluding hydrogens is 158 g/mol. The zero-order valence-electron chi connectivity index (χ0n) is 7.48. The normalized spacial score (nSPS) is 14.3. The second-order valence-corrected chi connectivity index (χ2v) is 3.17. The van der Waals surface area contributed by atoms with E-state index in [9.17, 15) is 0 Å². The van der Waals surface area contributed by atoms with Gasteiger partial charge in [0.25, 0.3) is 12.4 Å². The molecule has 2 rings (SSSR count). The molecule has 13 heavy (non-hydrogen) atoms. The van der Waals surface area contributed by atoms with Crippen LogP contribution in [0.3, 0.4) is 0 Å². The molecular formula is C12H12N+. The highest BCUT2D eigenvalue weighted by atomic mass is 14.5. The molecule has 64 valence electrons. The van der Waals surface area contributed by atoms with Crippen LogP contribution in [0.1, 0.15) is 12.0 Å². The molecule has 0 spiro atoms. The monoisotopic (exact) mass is 170 g/mol. The molecule has 0 saturated carbocycles. The first-order chi connectivity index (χ1) is 6.45. The molecule has 1 aliphatic heterocycles. The van der Waals surface area contributed by atoms with Crippen molar-refractivity contribution >= 4 is 12.4 Å². The highest BCUT2D eigenvalue weighted by molar-refractivity contribution is 5.80. The second kappa shape index (κ2) is 3.88. The summed E-state index contributed by atoms with van der Waals surface area (Å²) in [4.78, 5) is 0. The summed E-state index contributed by atoms with van der Waals surface area (Å²) in [5.74, 6) is 0. The third-order valence-corrected chi connectivity index (χ3v) is 2.13. The van der Waals surface area contributed by atoms with E-state index in [1.807, 2.05) is 18.5 Å². The summed E-state index contributed by atoms with van der Waals surface area (Å²) in [7, 11) is 0. The van der Waals surface area contributed by atoms with Crippen LogP contribution in [0.5, 0.6) is 0 Å². The number of hydrogen-bond donors (Lipinski definition) is 0. The SMILES string of the molecule is C1=[N+]=CCC(Cc2ccccc2)=C1. The Morgan fingerprint density at radius 2 is 2.00 bits per heavy atom. The van der Waals surface area contributed by atoms with Gasteiger partial charge in [-0.3, -0.25) is 0 Å². The number of hydrogen-bond acceptors (Lipinski definition) is 0. The molecule has 0 fully saturated rings. The minimum Gasteiger partial charge on any atom is -0.105 e. The summed E-state index contributed by atoms with van der Waals surface area (Å²) in [5.41, 5.74) is 2.80. The molecule has 1 aromatic carbocycles. The van der Waals surface area contributed by atoms with Crippen molar-refractivity contribution in [2.45, 2.75) is 12.8 Å². The molecule has 1 aromatic rings. The topological polar surface area (TPSA) is 14.1 Å². The van der Waals surface area contributed by atoms with Crippen LogP contribution in [0.2, 0.25) is 0 Å². The smallest absolute Gasteiger partial charge is 0.105 e. The average Bonchev–Trinajstić information content (AvgIpc) is 2.21. The van der Waals surface area contributed by atoms with Crippen molar-refractivity contribution in [3.05, 3.63) is 47.5 Å². The molecule has 0 aliphatic carbocycles. The van der Waals surface area contributed by atoms with Crippen LogP contribution < -0.4 is 4.67 Å². The van der Waals surface area contributed by atoms with Crippen LogP contribution in [0, 0.1) is 0 Å². The maximum Gasteiger partial charge on any atom is 0.291 e.